The van der Waals surface area contributed by atoms with E-state index in [-0.39, 0.29) is 18.3 Å². The number of benzene rings is 2. The number of alkyl halides is 3. The number of hydrogen-bond donors (Lipinski definition) is 2. The van der Waals surface area contributed by atoms with Gasteiger partial charge in [0.25, 0.3) is 0 Å². The van der Waals surface area contributed by atoms with Gasteiger partial charge in [-0.05, 0) is 85.7 Å². The highest BCUT2D eigenvalue weighted by molar-refractivity contribution is 7.99. The van der Waals surface area contributed by atoms with E-state index in [1.165, 1.54) is 17.8 Å². The van der Waals surface area contributed by atoms with Crippen LogP contribution in [0.3, 0.4) is 0 Å². The van der Waals surface area contributed by atoms with Gasteiger partial charge in [-0.3, -0.25) is 9.78 Å². The van der Waals surface area contributed by atoms with E-state index in [4.69, 9.17) is 4.74 Å². The first-order valence-corrected chi connectivity index (χ1v) is 14.0. The summed E-state index contributed by atoms with van der Waals surface area (Å²) in [5, 5.41) is 21.4. The van der Waals surface area contributed by atoms with Crippen LogP contribution in [0.15, 0.2) is 59.6 Å². The minimum atomic E-state index is -4.37. The number of methoxy groups -OCH3 is 1. The van der Waals surface area contributed by atoms with Gasteiger partial charge in [-0.25, -0.2) is 0 Å². The molecule has 0 aliphatic carbocycles. The van der Waals surface area contributed by atoms with Crippen LogP contribution in [-0.4, -0.2) is 58.6 Å². The van der Waals surface area contributed by atoms with Gasteiger partial charge in [0.15, 0.2) is 0 Å². The number of ether oxygens (including phenoxy) is 1. The third-order valence-electron chi connectivity index (χ3n) is 7.40. The number of aliphatic hydroxyl groups is 1. The second kappa shape index (κ2) is 13.0. The van der Waals surface area contributed by atoms with Crippen molar-refractivity contribution in [3.63, 3.8) is 0 Å². The van der Waals surface area contributed by atoms with Crippen molar-refractivity contribution in [1.82, 2.24) is 9.88 Å². The predicted octanol–water partition coefficient (Wildman–Crippen LogP) is 6.28. The number of nitrogens with zero attached hydrogens (tertiary/aromatic N) is 2. The maximum atomic E-state index is 13.0. The van der Waals surface area contributed by atoms with Gasteiger partial charge in [0.05, 0.1) is 24.3 Å². The van der Waals surface area contributed by atoms with Crippen molar-refractivity contribution in [3.05, 3.63) is 65.9 Å². The molecule has 6 nitrogen and oxygen atoms in total. The molecule has 0 saturated carbocycles. The van der Waals surface area contributed by atoms with E-state index in [2.05, 4.69) is 9.88 Å². The lowest BCUT2D eigenvalue weighted by Gasteiger charge is -2.38. The Morgan fingerprint density at radius 3 is 2.77 bits per heavy atom. The number of fused-ring (bicyclic) bond motifs is 1. The normalized spacial score (nSPS) is 19.2. The number of halogens is 3. The largest absolute Gasteiger partial charge is 0.497 e. The van der Waals surface area contributed by atoms with E-state index in [0.717, 1.165) is 41.6 Å². The first-order valence-electron chi connectivity index (χ1n) is 13.0. The van der Waals surface area contributed by atoms with Crippen LogP contribution in [0.2, 0.25) is 0 Å². The molecular weight excluding hydrogens is 529 g/mol. The summed E-state index contributed by atoms with van der Waals surface area (Å²) in [6, 6.07) is 12.7. The fourth-order valence-electron chi connectivity index (χ4n) is 5.34. The van der Waals surface area contributed by atoms with Crippen molar-refractivity contribution < 1.29 is 32.9 Å². The summed E-state index contributed by atoms with van der Waals surface area (Å²) in [5.41, 5.74) is 0.890. The molecule has 0 radical (unpaired) electrons. The Bertz CT molecular complexity index is 1270. The standard InChI is InChI=1S/C29H33F3N2O4S/c1-38-22-6-7-26-25(17-22)24(9-11-33-26)27(35)8-5-19-10-12-34(18-20(19)15-28(36)37)13-14-39-23-4-2-3-21(16-23)29(30,31)32/h2-4,6-7,9,11,16-17,19-20,27,35H,5,8,10,12-15,18H2,1H3,(H,36,37)/t19-,20+,27+/m1/s1. The summed E-state index contributed by atoms with van der Waals surface area (Å²) in [7, 11) is 1.59. The topological polar surface area (TPSA) is 82.9 Å². The molecule has 2 aromatic carbocycles. The summed E-state index contributed by atoms with van der Waals surface area (Å²) in [5.74, 6) is 0.548. The number of aliphatic carboxylic acids is 1. The molecule has 1 aromatic heterocycles. The van der Waals surface area contributed by atoms with E-state index in [9.17, 15) is 28.2 Å². The lowest BCUT2D eigenvalue weighted by molar-refractivity contribution is -0.139. The molecule has 3 atom stereocenters. The first-order chi connectivity index (χ1) is 18.6. The lowest BCUT2D eigenvalue weighted by atomic mass is 9.79. The Labute approximate surface area is 230 Å². The van der Waals surface area contributed by atoms with Crippen molar-refractivity contribution >= 4 is 28.6 Å². The van der Waals surface area contributed by atoms with Gasteiger partial charge in [0, 0.05) is 41.7 Å². The van der Waals surface area contributed by atoms with Gasteiger partial charge in [-0.15, -0.1) is 11.8 Å². The van der Waals surface area contributed by atoms with E-state index in [0.29, 0.717) is 42.3 Å². The lowest BCUT2D eigenvalue weighted by Crippen LogP contribution is -2.42. The fraction of sp³-hybridized carbons (Fsp3) is 0.448. The maximum Gasteiger partial charge on any atom is 0.416 e. The van der Waals surface area contributed by atoms with Crippen molar-refractivity contribution in [3.8, 4) is 5.75 Å². The number of carbonyl (C=O) groups is 1. The fourth-order valence-corrected chi connectivity index (χ4v) is 6.31. The number of aromatic nitrogens is 1. The quantitative estimate of drug-likeness (QED) is 0.266. The predicted molar refractivity (Wildman–Crippen MR) is 145 cm³/mol. The molecule has 0 spiro atoms. The number of rotatable bonds is 11. The monoisotopic (exact) mass is 562 g/mol. The molecule has 3 aromatic rings. The summed E-state index contributed by atoms with van der Waals surface area (Å²) in [6.07, 6.45) is -1.35. The van der Waals surface area contributed by atoms with Crippen LogP contribution in [0, 0.1) is 11.8 Å². The molecule has 0 amide bonds. The Morgan fingerprint density at radius 2 is 2.03 bits per heavy atom. The van der Waals surface area contributed by atoms with Crippen molar-refractivity contribution in [1.29, 1.82) is 0 Å². The number of carboxylic acid groups (broad SMARTS) is 1. The maximum absolute atomic E-state index is 13.0. The van der Waals surface area contributed by atoms with Crippen LogP contribution < -0.4 is 4.74 Å². The van der Waals surface area contributed by atoms with Gasteiger partial charge in [0.2, 0.25) is 0 Å². The average molecular weight is 563 g/mol. The van der Waals surface area contributed by atoms with E-state index in [1.807, 2.05) is 24.3 Å². The Balaban J connectivity index is 1.33. The van der Waals surface area contributed by atoms with Gasteiger partial charge < -0.3 is 19.8 Å². The number of thioether (sulfide) groups is 1. The minimum Gasteiger partial charge on any atom is -0.497 e. The van der Waals surface area contributed by atoms with Crippen LogP contribution in [0.25, 0.3) is 10.9 Å². The molecule has 39 heavy (non-hydrogen) atoms. The molecule has 0 unspecified atom stereocenters. The van der Waals surface area contributed by atoms with Gasteiger partial charge in [0.1, 0.15) is 5.75 Å². The second-order valence-corrected chi connectivity index (χ2v) is 11.1. The highest BCUT2D eigenvalue weighted by Gasteiger charge is 2.32. The summed E-state index contributed by atoms with van der Waals surface area (Å²) in [4.78, 5) is 18.8. The van der Waals surface area contributed by atoms with Gasteiger partial charge in [-0.2, -0.15) is 13.2 Å². The van der Waals surface area contributed by atoms with E-state index < -0.39 is 23.8 Å². The summed E-state index contributed by atoms with van der Waals surface area (Å²) >= 11 is 1.37. The third kappa shape index (κ3) is 7.86. The zero-order valence-electron chi connectivity index (χ0n) is 21.7. The zero-order valence-corrected chi connectivity index (χ0v) is 22.5. The molecule has 1 fully saturated rings. The summed E-state index contributed by atoms with van der Waals surface area (Å²) in [6.45, 7) is 2.07. The molecular formula is C29H33F3N2O4S. The molecule has 10 heteroatoms. The smallest absolute Gasteiger partial charge is 0.416 e. The number of hydrogen-bond acceptors (Lipinski definition) is 6. The SMILES string of the molecule is COc1ccc2nccc([C@@H](O)CC[C@@H]3CCN(CCSc4cccc(C(F)(F)F)c4)C[C@@H]3CC(=O)O)c2c1. The van der Waals surface area contributed by atoms with Gasteiger partial charge >= 0.3 is 12.1 Å². The molecule has 2 N–H and O–H groups in total. The Hall–Kier alpha value is -2.82. The number of pyridine rings is 1. The second-order valence-electron chi connectivity index (χ2n) is 9.96. The van der Waals surface area contributed by atoms with Crippen molar-refractivity contribution in [2.24, 2.45) is 11.8 Å². The molecule has 1 aliphatic heterocycles. The molecule has 2 heterocycles. The van der Waals surface area contributed by atoms with E-state index in [1.54, 1.807) is 19.4 Å². The van der Waals surface area contributed by atoms with Crippen molar-refractivity contribution in [2.45, 2.75) is 42.9 Å². The number of carboxylic acids is 1. The van der Waals surface area contributed by atoms with E-state index >= 15 is 0 Å². The van der Waals surface area contributed by atoms with Gasteiger partial charge in [-0.1, -0.05) is 6.07 Å². The third-order valence-corrected chi connectivity index (χ3v) is 8.38. The van der Waals surface area contributed by atoms with Crippen LogP contribution >= 0.6 is 11.8 Å². The van der Waals surface area contributed by atoms with Crippen molar-refractivity contribution in [2.75, 3.05) is 32.5 Å². The number of likely N-dealkylation sites (tertiary alicyclic amines) is 1. The minimum absolute atomic E-state index is 0.0490. The zero-order chi connectivity index (χ0) is 28.0. The first kappa shape index (κ1) is 29.2. The average Bonchev–Trinajstić information content (AvgIpc) is 2.91. The molecule has 1 aliphatic rings. The summed E-state index contributed by atoms with van der Waals surface area (Å²) < 4.78 is 44.3. The number of aliphatic hydroxyl groups excluding tert-OH is 1. The highest BCUT2D eigenvalue weighted by atomic mass is 32.2. The molecule has 1 saturated heterocycles. The Morgan fingerprint density at radius 1 is 1.21 bits per heavy atom. The van der Waals surface area contributed by atoms with Crippen LogP contribution in [0.1, 0.15) is 42.9 Å². The molecule has 4 rings (SSSR count). The highest BCUT2D eigenvalue weighted by Crippen LogP contribution is 2.35. The number of piperidine rings is 1. The molecule has 210 valence electrons. The Kier molecular flexibility index (Phi) is 9.74. The van der Waals surface area contributed by atoms with Crippen LogP contribution in [-0.2, 0) is 11.0 Å². The van der Waals surface area contributed by atoms with Crippen LogP contribution in [0.4, 0.5) is 13.2 Å². The van der Waals surface area contributed by atoms with Crippen LogP contribution in [0.5, 0.6) is 5.75 Å². The molecule has 0 bridgehead atoms.